The Morgan fingerprint density at radius 3 is 0.846 bits per heavy atom. The Morgan fingerprint density at radius 2 is 0.549 bits per heavy atom. The molecule has 0 aromatic rings. The van der Waals surface area contributed by atoms with Crippen LogP contribution in [0.25, 0.3) is 0 Å². The summed E-state index contributed by atoms with van der Waals surface area (Å²) in [6, 6.07) is -0.542. The van der Waals surface area contributed by atoms with Crippen LogP contribution in [0.4, 0.5) is 0 Å². The van der Waals surface area contributed by atoms with Gasteiger partial charge in [-0.3, -0.25) is 9.59 Å². The number of nitrogens with one attached hydrogen (secondary N) is 1. The fourth-order valence-corrected chi connectivity index (χ4v) is 13.3. The van der Waals surface area contributed by atoms with Crippen molar-refractivity contribution in [2.75, 3.05) is 13.2 Å². The predicted octanol–water partition coefficient (Wildman–Crippen LogP) is 27.8. The van der Waals surface area contributed by atoms with E-state index in [9.17, 15) is 19.8 Å². The quantitative estimate of drug-likeness (QED) is 0.0320. The van der Waals surface area contributed by atoms with Crippen molar-refractivity contribution in [1.82, 2.24) is 5.32 Å². The van der Waals surface area contributed by atoms with Gasteiger partial charge in [-0.25, -0.2) is 0 Å². The average Bonchev–Trinajstić information content (AvgIpc) is 3.73. The molecule has 91 heavy (non-hydrogen) atoms. The highest BCUT2D eigenvalue weighted by atomic mass is 16.5. The standard InChI is InChI=1S/C85H163NO5/c1-3-5-7-9-11-13-15-17-19-21-22-23-24-36-39-42-46-49-53-57-61-65-69-73-77-83(88)82(81-87)86-84(89)78-74-70-66-62-58-54-50-47-43-40-37-34-32-30-28-26-25-27-29-31-33-35-38-41-44-48-52-56-60-64-68-72-76-80-91-85(90)79-75-71-67-63-59-55-51-45-20-18-16-14-12-10-8-6-4-2/h18,20,29,31,35,38,82-83,87-88H,3-17,19,21-28,30,32-34,36-37,39-81H2,1-2H3,(H,86,89)/b20-18-,31-29-,38-35-. The Kier molecular flexibility index (Phi) is 78.8. The molecule has 0 aliphatic carbocycles. The molecular formula is C85H163NO5. The smallest absolute Gasteiger partial charge is 0.305 e. The van der Waals surface area contributed by atoms with Crippen molar-refractivity contribution in [3.05, 3.63) is 36.5 Å². The lowest BCUT2D eigenvalue weighted by molar-refractivity contribution is -0.143. The third-order valence-corrected chi connectivity index (χ3v) is 19.7. The lowest BCUT2D eigenvalue weighted by Crippen LogP contribution is -2.45. The van der Waals surface area contributed by atoms with E-state index < -0.39 is 12.1 Å². The topological polar surface area (TPSA) is 95.9 Å². The summed E-state index contributed by atoms with van der Waals surface area (Å²) in [6.45, 7) is 5.00. The first kappa shape index (κ1) is 89.1. The molecule has 2 unspecified atom stereocenters. The number of allylic oxidation sites excluding steroid dienone is 6. The van der Waals surface area contributed by atoms with Crippen molar-refractivity contribution >= 4 is 11.9 Å². The molecule has 1 amide bonds. The van der Waals surface area contributed by atoms with Gasteiger partial charge < -0.3 is 20.3 Å². The molecule has 0 aliphatic rings. The molecule has 0 fully saturated rings. The lowest BCUT2D eigenvalue weighted by Gasteiger charge is -2.22. The molecule has 2 atom stereocenters. The van der Waals surface area contributed by atoms with Crippen molar-refractivity contribution in [2.24, 2.45) is 0 Å². The zero-order chi connectivity index (χ0) is 65.6. The summed E-state index contributed by atoms with van der Waals surface area (Å²) in [6.07, 6.45) is 105. The molecule has 0 heterocycles. The van der Waals surface area contributed by atoms with Gasteiger partial charge in [0.1, 0.15) is 0 Å². The lowest BCUT2D eigenvalue weighted by atomic mass is 10.0. The normalized spacial score (nSPS) is 12.6. The first-order chi connectivity index (χ1) is 45.0. The highest BCUT2D eigenvalue weighted by Gasteiger charge is 2.20. The molecule has 0 aromatic carbocycles. The van der Waals surface area contributed by atoms with E-state index in [0.717, 1.165) is 51.4 Å². The Labute approximate surface area is 570 Å². The van der Waals surface area contributed by atoms with Gasteiger partial charge in [0.05, 0.1) is 25.4 Å². The molecule has 0 radical (unpaired) electrons. The first-order valence-corrected chi connectivity index (χ1v) is 41.7. The largest absolute Gasteiger partial charge is 0.466 e. The molecule has 0 spiro atoms. The van der Waals surface area contributed by atoms with E-state index >= 15 is 0 Å². The second-order valence-electron chi connectivity index (χ2n) is 28.8. The zero-order valence-corrected chi connectivity index (χ0v) is 61.9. The fourth-order valence-electron chi connectivity index (χ4n) is 13.3. The Hall–Kier alpha value is -1.92. The fraction of sp³-hybridized carbons (Fsp3) is 0.906. The van der Waals surface area contributed by atoms with Crippen molar-refractivity contribution < 1.29 is 24.5 Å². The summed E-state index contributed by atoms with van der Waals surface area (Å²) in [5.74, 6) is -0.0156. The number of unbranched alkanes of at least 4 members (excludes halogenated alkanes) is 62. The number of aliphatic hydroxyl groups is 2. The second-order valence-corrected chi connectivity index (χ2v) is 28.8. The maximum absolute atomic E-state index is 12.6. The molecule has 0 saturated heterocycles. The maximum atomic E-state index is 12.6. The predicted molar refractivity (Wildman–Crippen MR) is 403 cm³/mol. The minimum Gasteiger partial charge on any atom is -0.466 e. The van der Waals surface area contributed by atoms with Gasteiger partial charge in [-0.1, -0.05) is 410 Å². The summed E-state index contributed by atoms with van der Waals surface area (Å²) in [7, 11) is 0. The van der Waals surface area contributed by atoms with Gasteiger partial charge in [-0.15, -0.1) is 0 Å². The van der Waals surface area contributed by atoms with Crippen LogP contribution in [0.5, 0.6) is 0 Å². The number of hydrogen-bond acceptors (Lipinski definition) is 5. The molecule has 6 heteroatoms. The van der Waals surface area contributed by atoms with Crippen molar-refractivity contribution in [3.63, 3.8) is 0 Å². The van der Waals surface area contributed by atoms with E-state index in [0.29, 0.717) is 25.9 Å². The van der Waals surface area contributed by atoms with E-state index in [1.807, 2.05) is 0 Å². The molecule has 0 aliphatic heterocycles. The second kappa shape index (κ2) is 80.5. The van der Waals surface area contributed by atoms with Gasteiger partial charge in [0, 0.05) is 12.8 Å². The number of aliphatic hydroxyl groups excluding tert-OH is 2. The van der Waals surface area contributed by atoms with Crippen molar-refractivity contribution in [1.29, 1.82) is 0 Å². The van der Waals surface area contributed by atoms with Crippen LogP contribution in [0.1, 0.15) is 470 Å². The van der Waals surface area contributed by atoms with Gasteiger partial charge in [0.25, 0.3) is 0 Å². The Morgan fingerprint density at radius 1 is 0.308 bits per heavy atom. The third kappa shape index (κ3) is 77.0. The molecule has 3 N–H and O–H groups in total. The minimum absolute atomic E-state index is 0.0118. The average molecular weight is 1280 g/mol. The van der Waals surface area contributed by atoms with Crippen LogP contribution in [0.2, 0.25) is 0 Å². The summed E-state index contributed by atoms with van der Waals surface area (Å²) < 4.78 is 5.50. The molecule has 0 saturated carbocycles. The highest BCUT2D eigenvalue weighted by Crippen LogP contribution is 2.20. The van der Waals surface area contributed by atoms with Gasteiger partial charge in [-0.2, -0.15) is 0 Å². The van der Waals surface area contributed by atoms with Crippen LogP contribution < -0.4 is 5.32 Å². The third-order valence-electron chi connectivity index (χ3n) is 19.7. The first-order valence-electron chi connectivity index (χ1n) is 41.7. The van der Waals surface area contributed by atoms with Crippen molar-refractivity contribution in [2.45, 2.75) is 482 Å². The van der Waals surface area contributed by atoms with Gasteiger partial charge in [0.2, 0.25) is 5.91 Å². The number of hydrogen-bond donors (Lipinski definition) is 3. The number of esters is 1. The molecule has 0 rings (SSSR count). The summed E-state index contributed by atoms with van der Waals surface area (Å²) in [5, 5.41) is 23.5. The van der Waals surface area contributed by atoms with E-state index in [1.54, 1.807) is 0 Å². The summed E-state index contributed by atoms with van der Waals surface area (Å²) >= 11 is 0. The molecule has 0 bridgehead atoms. The molecule has 0 aromatic heterocycles. The van der Waals surface area contributed by atoms with E-state index in [-0.39, 0.29) is 18.5 Å². The Balaban J connectivity index is 3.38. The van der Waals surface area contributed by atoms with Crippen LogP contribution >= 0.6 is 0 Å². The molecule has 6 nitrogen and oxygen atoms in total. The van der Waals surface area contributed by atoms with E-state index in [4.69, 9.17) is 4.74 Å². The van der Waals surface area contributed by atoms with Crippen LogP contribution in [-0.2, 0) is 14.3 Å². The zero-order valence-electron chi connectivity index (χ0n) is 61.9. The number of amides is 1. The van der Waals surface area contributed by atoms with Gasteiger partial charge >= 0.3 is 5.97 Å². The van der Waals surface area contributed by atoms with Crippen molar-refractivity contribution in [3.8, 4) is 0 Å². The Bertz CT molecular complexity index is 1470. The summed E-state index contributed by atoms with van der Waals surface area (Å²) in [4.78, 5) is 24.7. The summed E-state index contributed by atoms with van der Waals surface area (Å²) in [5.41, 5.74) is 0. The number of carbonyl (C=O) groups excluding carboxylic acids is 2. The maximum Gasteiger partial charge on any atom is 0.305 e. The van der Waals surface area contributed by atoms with Crippen LogP contribution in [0, 0.1) is 0 Å². The number of rotatable bonds is 79. The minimum atomic E-state index is -0.665. The molecular weight excluding hydrogens is 1110 g/mol. The molecule has 538 valence electrons. The SMILES string of the molecule is CCCCCCCC/C=C\CCCCCCCCCC(=O)OCCCCCCCCCCC/C=C\C/C=C\CCCCCCCCCCCCCCCCCCCC(=O)NC(CO)C(O)CCCCCCCCCCCCCCCCCCCCCCCCCC. The number of carbonyl (C=O) groups is 2. The van der Waals surface area contributed by atoms with Crippen LogP contribution in [0.3, 0.4) is 0 Å². The number of ether oxygens (including phenoxy) is 1. The van der Waals surface area contributed by atoms with Crippen LogP contribution in [-0.4, -0.2) is 47.4 Å². The van der Waals surface area contributed by atoms with Gasteiger partial charge in [-0.05, 0) is 83.5 Å². The monoisotopic (exact) mass is 1280 g/mol. The van der Waals surface area contributed by atoms with E-state index in [1.165, 1.54) is 385 Å². The van der Waals surface area contributed by atoms with Crippen LogP contribution in [0.15, 0.2) is 36.5 Å². The van der Waals surface area contributed by atoms with E-state index in [2.05, 4.69) is 55.6 Å². The highest BCUT2D eigenvalue weighted by molar-refractivity contribution is 5.76. The van der Waals surface area contributed by atoms with Gasteiger partial charge in [0.15, 0.2) is 0 Å².